The molecular formula is C12H12F2N4OS. The third kappa shape index (κ3) is 3.27. The number of carbonyl (C=O) groups is 1. The lowest BCUT2D eigenvalue weighted by atomic mass is 10.3. The van der Waals surface area contributed by atoms with Crippen molar-refractivity contribution in [2.45, 2.75) is 10.7 Å². The number of rotatable bonds is 4. The zero-order chi connectivity index (χ0) is 14.7. The van der Waals surface area contributed by atoms with Gasteiger partial charge in [-0.25, -0.2) is 0 Å². The van der Waals surface area contributed by atoms with Gasteiger partial charge >= 0.3 is 0 Å². The molecule has 0 saturated heterocycles. The maximum atomic E-state index is 12.4. The molecule has 0 radical (unpaired) electrons. The fourth-order valence-electron chi connectivity index (χ4n) is 1.63. The van der Waals surface area contributed by atoms with Gasteiger partial charge in [0.15, 0.2) is 5.69 Å². The third-order valence-corrected chi connectivity index (χ3v) is 3.21. The van der Waals surface area contributed by atoms with Crippen LogP contribution in [0.25, 0.3) is 0 Å². The molecule has 106 valence electrons. The molecule has 1 aromatic heterocycles. The summed E-state index contributed by atoms with van der Waals surface area (Å²) in [5.74, 6) is -3.10. The Hall–Kier alpha value is -2.09. The largest absolute Gasteiger partial charge is 0.396 e. The number of thioether (sulfide) groups is 1. The molecule has 20 heavy (non-hydrogen) atoms. The van der Waals surface area contributed by atoms with Crippen LogP contribution in [0.3, 0.4) is 0 Å². The minimum atomic E-state index is -2.56. The van der Waals surface area contributed by atoms with Gasteiger partial charge in [-0.15, -0.1) is 0 Å². The summed E-state index contributed by atoms with van der Waals surface area (Å²) in [6.07, 6.45) is 1.49. The van der Waals surface area contributed by atoms with Crippen molar-refractivity contribution in [1.82, 2.24) is 9.78 Å². The minimum Gasteiger partial charge on any atom is -0.396 e. The standard InChI is InChI=1S/C12H12F2N4OS/c1-18-6-7(15)10(17-18)11(19)16-8-4-2-3-5-9(8)20-12(13)14/h2-6,12H,15H2,1H3,(H,16,19). The second-order valence-corrected chi connectivity index (χ2v) is 4.97. The van der Waals surface area contributed by atoms with Crippen LogP contribution in [0.15, 0.2) is 35.4 Å². The van der Waals surface area contributed by atoms with Gasteiger partial charge in [-0.2, -0.15) is 13.9 Å². The Morgan fingerprint density at radius 2 is 2.15 bits per heavy atom. The summed E-state index contributed by atoms with van der Waals surface area (Å²) in [5, 5.41) is 6.46. The number of alkyl halides is 2. The van der Waals surface area contributed by atoms with Gasteiger partial charge in [0.05, 0.1) is 11.4 Å². The summed E-state index contributed by atoms with van der Waals surface area (Å²) in [7, 11) is 1.63. The molecule has 0 spiro atoms. The summed E-state index contributed by atoms with van der Waals surface area (Å²) in [6, 6.07) is 6.32. The van der Waals surface area contributed by atoms with Crippen LogP contribution in [0.4, 0.5) is 20.2 Å². The number of hydrogen-bond acceptors (Lipinski definition) is 4. The maximum Gasteiger partial charge on any atom is 0.288 e. The van der Waals surface area contributed by atoms with E-state index < -0.39 is 11.7 Å². The molecule has 0 unspecified atom stereocenters. The number of nitrogen functional groups attached to an aromatic ring is 1. The Morgan fingerprint density at radius 1 is 1.45 bits per heavy atom. The molecule has 0 aliphatic carbocycles. The van der Waals surface area contributed by atoms with Crippen molar-refractivity contribution in [2.24, 2.45) is 7.05 Å². The fraction of sp³-hybridized carbons (Fsp3) is 0.167. The monoisotopic (exact) mass is 298 g/mol. The first-order chi connectivity index (χ1) is 9.47. The normalized spacial score (nSPS) is 10.8. The van der Waals surface area contributed by atoms with E-state index in [-0.39, 0.29) is 16.3 Å². The van der Waals surface area contributed by atoms with Crippen LogP contribution in [-0.4, -0.2) is 21.4 Å². The van der Waals surface area contributed by atoms with Crippen LogP contribution in [0.5, 0.6) is 0 Å². The van der Waals surface area contributed by atoms with Crippen molar-refractivity contribution in [1.29, 1.82) is 0 Å². The Morgan fingerprint density at radius 3 is 2.75 bits per heavy atom. The SMILES string of the molecule is Cn1cc(N)c(C(=O)Nc2ccccc2SC(F)F)n1. The van der Waals surface area contributed by atoms with Gasteiger partial charge in [0.2, 0.25) is 0 Å². The van der Waals surface area contributed by atoms with Crippen LogP contribution in [-0.2, 0) is 7.05 Å². The average Bonchev–Trinajstić information content (AvgIpc) is 2.70. The molecule has 2 rings (SSSR count). The second kappa shape index (κ2) is 5.91. The highest BCUT2D eigenvalue weighted by Gasteiger charge is 2.16. The number of nitrogens with two attached hydrogens (primary N) is 1. The average molecular weight is 298 g/mol. The third-order valence-electron chi connectivity index (χ3n) is 2.42. The molecule has 2 aromatic rings. The molecule has 1 amide bonds. The first-order valence-electron chi connectivity index (χ1n) is 5.61. The Kier molecular flexibility index (Phi) is 4.23. The van der Waals surface area contributed by atoms with E-state index in [4.69, 9.17) is 5.73 Å². The van der Waals surface area contributed by atoms with E-state index in [2.05, 4.69) is 10.4 Å². The zero-order valence-corrected chi connectivity index (χ0v) is 11.3. The van der Waals surface area contributed by atoms with E-state index in [1.54, 1.807) is 25.2 Å². The second-order valence-electron chi connectivity index (χ2n) is 3.94. The van der Waals surface area contributed by atoms with E-state index >= 15 is 0 Å². The number of para-hydroxylation sites is 1. The molecule has 0 saturated carbocycles. The molecular weight excluding hydrogens is 286 g/mol. The molecule has 0 bridgehead atoms. The number of nitrogens with one attached hydrogen (secondary N) is 1. The molecule has 5 nitrogen and oxygen atoms in total. The summed E-state index contributed by atoms with van der Waals surface area (Å²) in [4.78, 5) is 12.3. The van der Waals surface area contributed by atoms with Crippen LogP contribution in [0.1, 0.15) is 10.5 Å². The number of anilines is 2. The van der Waals surface area contributed by atoms with Crippen molar-refractivity contribution >= 4 is 29.0 Å². The molecule has 8 heteroatoms. The van der Waals surface area contributed by atoms with Crippen LogP contribution < -0.4 is 11.1 Å². The predicted molar refractivity (Wildman–Crippen MR) is 73.9 cm³/mol. The van der Waals surface area contributed by atoms with Crippen LogP contribution in [0.2, 0.25) is 0 Å². The number of halogens is 2. The lowest BCUT2D eigenvalue weighted by Crippen LogP contribution is -2.15. The first-order valence-corrected chi connectivity index (χ1v) is 6.49. The van der Waals surface area contributed by atoms with Gasteiger partial charge in [-0.05, 0) is 12.1 Å². The van der Waals surface area contributed by atoms with Crippen LogP contribution >= 0.6 is 11.8 Å². The van der Waals surface area contributed by atoms with Gasteiger partial charge < -0.3 is 11.1 Å². The summed E-state index contributed by atoms with van der Waals surface area (Å²) < 4.78 is 26.3. The predicted octanol–water partition coefficient (Wildman–Crippen LogP) is 2.57. The highest BCUT2D eigenvalue weighted by atomic mass is 32.2. The first kappa shape index (κ1) is 14.3. The molecule has 0 aliphatic heterocycles. The summed E-state index contributed by atoms with van der Waals surface area (Å²) in [6.45, 7) is 0. The van der Waals surface area contributed by atoms with Gasteiger partial charge in [0.25, 0.3) is 11.7 Å². The molecule has 0 fully saturated rings. The molecule has 1 heterocycles. The number of aryl methyl sites for hydroxylation is 1. The summed E-state index contributed by atoms with van der Waals surface area (Å²) >= 11 is 0.367. The lowest BCUT2D eigenvalue weighted by Gasteiger charge is -2.09. The molecule has 3 N–H and O–H groups in total. The van der Waals surface area contributed by atoms with Crippen molar-refractivity contribution in [3.8, 4) is 0 Å². The number of nitrogens with zero attached hydrogens (tertiary/aromatic N) is 2. The van der Waals surface area contributed by atoms with Crippen molar-refractivity contribution in [3.05, 3.63) is 36.2 Å². The van der Waals surface area contributed by atoms with Crippen molar-refractivity contribution in [2.75, 3.05) is 11.1 Å². The number of hydrogen-bond donors (Lipinski definition) is 2. The Balaban J connectivity index is 2.22. The van der Waals surface area contributed by atoms with E-state index in [0.29, 0.717) is 17.4 Å². The van der Waals surface area contributed by atoms with Gasteiger partial charge in [-0.1, -0.05) is 23.9 Å². The topological polar surface area (TPSA) is 72.9 Å². The number of benzene rings is 1. The quantitative estimate of drug-likeness (QED) is 0.851. The van der Waals surface area contributed by atoms with E-state index in [1.807, 2.05) is 0 Å². The number of aromatic nitrogens is 2. The van der Waals surface area contributed by atoms with Gasteiger partial charge in [0, 0.05) is 18.1 Å². The number of amides is 1. The van der Waals surface area contributed by atoms with E-state index in [1.165, 1.54) is 16.9 Å². The van der Waals surface area contributed by atoms with Crippen molar-refractivity contribution < 1.29 is 13.6 Å². The molecule has 1 aromatic carbocycles. The minimum absolute atomic E-state index is 0.0596. The summed E-state index contributed by atoms with van der Waals surface area (Å²) in [5.41, 5.74) is 6.23. The molecule has 0 atom stereocenters. The maximum absolute atomic E-state index is 12.4. The zero-order valence-electron chi connectivity index (χ0n) is 10.5. The highest BCUT2D eigenvalue weighted by molar-refractivity contribution is 7.99. The smallest absolute Gasteiger partial charge is 0.288 e. The Labute approximate surface area is 118 Å². The van der Waals surface area contributed by atoms with Gasteiger partial charge in [-0.3, -0.25) is 9.48 Å². The number of carbonyl (C=O) groups excluding carboxylic acids is 1. The highest BCUT2D eigenvalue weighted by Crippen LogP contribution is 2.31. The lowest BCUT2D eigenvalue weighted by molar-refractivity contribution is 0.102. The van der Waals surface area contributed by atoms with E-state index in [9.17, 15) is 13.6 Å². The fourth-order valence-corrected chi connectivity index (χ4v) is 2.23. The molecule has 0 aliphatic rings. The van der Waals surface area contributed by atoms with Crippen molar-refractivity contribution in [3.63, 3.8) is 0 Å². The Bertz CT molecular complexity index is 630. The van der Waals surface area contributed by atoms with E-state index in [0.717, 1.165) is 0 Å². The van der Waals surface area contributed by atoms with Crippen LogP contribution in [0, 0.1) is 0 Å². The van der Waals surface area contributed by atoms with Gasteiger partial charge in [0.1, 0.15) is 0 Å².